The quantitative estimate of drug-likeness (QED) is 0.297. The third-order valence-electron chi connectivity index (χ3n) is 5.18. The summed E-state index contributed by atoms with van der Waals surface area (Å²) in [5, 5.41) is 3.30. The number of thioether (sulfide) groups is 1. The van der Waals surface area contributed by atoms with Crippen LogP contribution in [0.3, 0.4) is 0 Å². The standard InChI is InChI=1S/C27H22Cl2N2O5S/c1-2-35-23-13-17(10-11-22(23)36-16-25(32)30-21-9-4-3-8-20(21)29)14-24-26(33)31(27(34)37-24)15-18-6-5-7-19(28)12-18/h3-14H,2,15-16H2,1H3,(H,30,32)/b24-14-. The molecule has 190 valence electrons. The van der Waals surface area contributed by atoms with Gasteiger partial charge in [0.1, 0.15) is 0 Å². The van der Waals surface area contributed by atoms with E-state index in [1.807, 2.05) is 6.92 Å². The highest BCUT2D eigenvalue weighted by atomic mass is 35.5. The minimum atomic E-state index is -0.385. The first kappa shape index (κ1) is 26.6. The molecular formula is C27H22Cl2N2O5S. The number of amides is 3. The molecule has 1 N–H and O–H groups in total. The van der Waals surface area contributed by atoms with E-state index in [0.717, 1.165) is 17.3 Å². The fourth-order valence-electron chi connectivity index (χ4n) is 3.50. The van der Waals surface area contributed by atoms with E-state index in [2.05, 4.69) is 5.32 Å². The maximum Gasteiger partial charge on any atom is 0.293 e. The van der Waals surface area contributed by atoms with Crippen molar-refractivity contribution in [3.05, 3.63) is 92.8 Å². The van der Waals surface area contributed by atoms with Gasteiger partial charge in [-0.25, -0.2) is 0 Å². The molecule has 1 saturated heterocycles. The predicted molar refractivity (Wildman–Crippen MR) is 146 cm³/mol. The van der Waals surface area contributed by atoms with Gasteiger partial charge < -0.3 is 14.8 Å². The number of carbonyl (C=O) groups is 3. The van der Waals surface area contributed by atoms with Gasteiger partial charge in [-0.1, -0.05) is 53.5 Å². The smallest absolute Gasteiger partial charge is 0.293 e. The van der Waals surface area contributed by atoms with Crippen molar-refractivity contribution in [3.63, 3.8) is 0 Å². The van der Waals surface area contributed by atoms with Crippen LogP contribution in [-0.4, -0.2) is 35.2 Å². The predicted octanol–water partition coefficient (Wildman–Crippen LogP) is 6.65. The molecule has 7 nitrogen and oxygen atoms in total. The third kappa shape index (κ3) is 6.85. The summed E-state index contributed by atoms with van der Waals surface area (Å²) in [5.41, 5.74) is 1.89. The number of hydrogen-bond donors (Lipinski definition) is 1. The molecular weight excluding hydrogens is 535 g/mol. The number of nitrogens with one attached hydrogen (secondary N) is 1. The molecule has 4 rings (SSSR count). The second kappa shape index (κ2) is 12.2. The van der Waals surface area contributed by atoms with Crippen LogP contribution in [0.1, 0.15) is 18.1 Å². The second-order valence-electron chi connectivity index (χ2n) is 7.85. The molecule has 0 unspecified atom stereocenters. The van der Waals surface area contributed by atoms with Crippen LogP contribution in [0.4, 0.5) is 10.5 Å². The van der Waals surface area contributed by atoms with Crippen LogP contribution in [0.5, 0.6) is 11.5 Å². The van der Waals surface area contributed by atoms with Crippen molar-refractivity contribution < 1.29 is 23.9 Å². The molecule has 3 amide bonds. The largest absolute Gasteiger partial charge is 0.490 e. The molecule has 0 radical (unpaired) electrons. The highest BCUT2D eigenvalue weighted by Gasteiger charge is 2.35. The summed E-state index contributed by atoms with van der Waals surface area (Å²) < 4.78 is 11.4. The molecule has 37 heavy (non-hydrogen) atoms. The first-order valence-corrected chi connectivity index (χ1v) is 12.8. The molecule has 1 heterocycles. The van der Waals surface area contributed by atoms with Crippen molar-refractivity contribution in [2.45, 2.75) is 13.5 Å². The fourth-order valence-corrected chi connectivity index (χ4v) is 4.73. The number of nitrogens with zero attached hydrogens (tertiary/aromatic N) is 1. The lowest BCUT2D eigenvalue weighted by atomic mass is 10.1. The first-order chi connectivity index (χ1) is 17.8. The number of para-hydroxylation sites is 1. The molecule has 0 aliphatic carbocycles. The molecule has 0 atom stereocenters. The Hall–Kier alpha value is -3.46. The van der Waals surface area contributed by atoms with E-state index in [0.29, 0.717) is 44.3 Å². The van der Waals surface area contributed by atoms with Crippen molar-refractivity contribution >= 4 is 63.8 Å². The van der Waals surface area contributed by atoms with Gasteiger partial charge in [-0.05, 0) is 72.3 Å². The number of ether oxygens (including phenoxy) is 2. The summed E-state index contributed by atoms with van der Waals surface area (Å²) in [5.74, 6) is -0.000160. The normalized spacial score (nSPS) is 14.2. The molecule has 10 heteroatoms. The minimum Gasteiger partial charge on any atom is -0.490 e. The Bertz CT molecular complexity index is 1380. The van der Waals surface area contributed by atoms with Crippen LogP contribution in [0.25, 0.3) is 6.08 Å². The Balaban J connectivity index is 1.45. The van der Waals surface area contributed by atoms with Gasteiger partial charge in [0.2, 0.25) is 0 Å². The van der Waals surface area contributed by atoms with Crippen LogP contribution >= 0.6 is 35.0 Å². The van der Waals surface area contributed by atoms with Crippen LogP contribution in [0.2, 0.25) is 10.0 Å². The third-order valence-corrected chi connectivity index (χ3v) is 6.65. The molecule has 0 aromatic heterocycles. The maximum atomic E-state index is 12.9. The van der Waals surface area contributed by atoms with Gasteiger partial charge in [0.25, 0.3) is 17.1 Å². The van der Waals surface area contributed by atoms with E-state index >= 15 is 0 Å². The van der Waals surface area contributed by atoms with E-state index in [4.69, 9.17) is 32.7 Å². The molecule has 3 aromatic rings. The van der Waals surface area contributed by atoms with Gasteiger partial charge in [-0.15, -0.1) is 0 Å². The monoisotopic (exact) mass is 556 g/mol. The number of anilines is 1. The average molecular weight is 557 g/mol. The van der Waals surface area contributed by atoms with Crippen LogP contribution in [0, 0.1) is 0 Å². The van der Waals surface area contributed by atoms with Crippen molar-refractivity contribution in [2.24, 2.45) is 0 Å². The molecule has 1 aliphatic rings. The molecule has 0 saturated carbocycles. The first-order valence-electron chi connectivity index (χ1n) is 11.3. The lowest BCUT2D eigenvalue weighted by Gasteiger charge is -2.13. The summed E-state index contributed by atoms with van der Waals surface area (Å²) in [4.78, 5) is 39.2. The fraction of sp³-hybridized carbons (Fsp3) is 0.148. The minimum absolute atomic E-state index is 0.135. The van der Waals surface area contributed by atoms with Crippen molar-refractivity contribution in [1.29, 1.82) is 0 Å². The van der Waals surface area contributed by atoms with Gasteiger partial charge in [0.05, 0.1) is 28.8 Å². The van der Waals surface area contributed by atoms with Gasteiger partial charge in [-0.3, -0.25) is 19.3 Å². The topological polar surface area (TPSA) is 84.9 Å². The molecule has 3 aromatic carbocycles. The Labute approximate surface area is 228 Å². The molecule has 0 bridgehead atoms. The zero-order valence-corrected chi connectivity index (χ0v) is 22.0. The lowest BCUT2D eigenvalue weighted by Crippen LogP contribution is -2.27. The van der Waals surface area contributed by atoms with E-state index < -0.39 is 0 Å². The van der Waals surface area contributed by atoms with Crippen LogP contribution in [-0.2, 0) is 16.1 Å². The lowest BCUT2D eigenvalue weighted by molar-refractivity contribution is -0.123. The number of imide groups is 1. The van der Waals surface area contributed by atoms with E-state index in [-0.39, 0.29) is 30.2 Å². The van der Waals surface area contributed by atoms with Gasteiger partial charge >= 0.3 is 0 Å². The summed E-state index contributed by atoms with van der Waals surface area (Å²) in [6.07, 6.45) is 1.62. The van der Waals surface area contributed by atoms with Crippen LogP contribution in [0.15, 0.2) is 71.6 Å². The zero-order valence-electron chi connectivity index (χ0n) is 19.7. The van der Waals surface area contributed by atoms with Crippen molar-refractivity contribution in [2.75, 3.05) is 18.5 Å². The summed E-state index contributed by atoms with van der Waals surface area (Å²) in [7, 11) is 0. The molecule has 1 fully saturated rings. The van der Waals surface area contributed by atoms with E-state index in [9.17, 15) is 14.4 Å². The number of rotatable bonds is 9. The van der Waals surface area contributed by atoms with Crippen molar-refractivity contribution in [1.82, 2.24) is 4.90 Å². The summed E-state index contributed by atoms with van der Waals surface area (Å²) in [6, 6.07) is 19.0. The Morgan fingerprint density at radius 1 is 1.00 bits per heavy atom. The average Bonchev–Trinajstić information content (AvgIpc) is 3.12. The van der Waals surface area contributed by atoms with Gasteiger partial charge in [0, 0.05) is 5.02 Å². The number of benzene rings is 3. The Morgan fingerprint density at radius 3 is 2.57 bits per heavy atom. The van der Waals surface area contributed by atoms with Gasteiger partial charge in [0.15, 0.2) is 18.1 Å². The summed E-state index contributed by atoms with van der Waals surface area (Å²) >= 11 is 13.0. The van der Waals surface area contributed by atoms with E-state index in [1.165, 1.54) is 4.90 Å². The molecule has 0 spiro atoms. The molecule has 1 aliphatic heterocycles. The Morgan fingerprint density at radius 2 is 1.81 bits per heavy atom. The second-order valence-corrected chi connectivity index (χ2v) is 9.69. The number of carbonyl (C=O) groups excluding carboxylic acids is 3. The van der Waals surface area contributed by atoms with Crippen molar-refractivity contribution in [3.8, 4) is 11.5 Å². The highest BCUT2D eigenvalue weighted by Crippen LogP contribution is 2.35. The highest BCUT2D eigenvalue weighted by molar-refractivity contribution is 8.18. The Kier molecular flexibility index (Phi) is 8.76. The number of hydrogen-bond acceptors (Lipinski definition) is 6. The van der Waals surface area contributed by atoms with Gasteiger partial charge in [-0.2, -0.15) is 0 Å². The number of halogens is 2. The SMILES string of the molecule is CCOc1cc(/C=C2\SC(=O)N(Cc3cccc(Cl)c3)C2=O)ccc1OCC(=O)Nc1ccccc1Cl. The zero-order chi connectivity index (χ0) is 26.4. The summed E-state index contributed by atoms with van der Waals surface area (Å²) in [6.45, 7) is 2.06. The van der Waals surface area contributed by atoms with E-state index in [1.54, 1.807) is 72.8 Å². The maximum absolute atomic E-state index is 12.9. The van der Waals surface area contributed by atoms with Crippen LogP contribution < -0.4 is 14.8 Å².